The van der Waals surface area contributed by atoms with Crippen LogP contribution in [0.1, 0.15) is 41.3 Å². The Morgan fingerprint density at radius 1 is 1.16 bits per heavy atom. The van der Waals surface area contributed by atoms with Gasteiger partial charge in [0.25, 0.3) is 5.91 Å². The topological polar surface area (TPSA) is 75.9 Å². The van der Waals surface area contributed by atoms with Gasteiger partial charge in [-0.25, -0.2) is 4.98 Å². The lowest BCUT2D eigenvalue weighted by molar-refractivity contribution is -0.137. The molecular formula is C22H23F3N6O. The Morgan fingerprint density at radius 3 is 2.56 bits per heavy atom. The number of carbonyl (C=O) groups is 1. The molecule has 0 saturated carbocycles. The number of halogens is 3. The van der Waals surface area contributed by atoms with Crippen LogP contribution in [-0.2, 0) is 6.18 Å². The van der Waals surface area contributed by atoms with Crippen LogP contribution in [-0.4, -0.2) is 49.4 Å². The van der Waals surface area contributed by atoms with Crippen molar-refractivity contribution < 1.29 is 18.0 Å². The van der Waals surface area contributed by atoms with E-state index in [-0.39, 0.29) is 18.0 Å². The summed E-state index contributed by atoms with van der Waals surface area (Å²) in [6.07, 6.45) is 1.03. The molecular weight excluding hydrogens is 421 g/mol. The van der Waals surface area contributed by atoms with Crippen molar-refractivity contribution in [3.05, 3.63) is 65.6 Å². The van der Waals surface area contributed by atoms with Crippen molar-refractivity contribution in [2.24, 2.45) is 0 Å². The molecule has 1 amide bonds. The van der Waals surface area contributed by atoms with E-state index in [1.165, 1.54) is 10.9 Å². The highest BCUT2D eigenvalue weighted by molar-refractivity contribution is 5.98. The number of anilines is 1. The number of aromatic nitrogens is 4. The second-order valence-electron chi connectivity index (χ2n) is 7.85. The molecule has 7 nitrogen and oxygen atoms in total. The SMILES string of the molecule is Cc1cccc(C(=O)N2CCCC(Nc3ccc(C(F)(F)F)cn3)[C@@H]2C)c1-n1nccn1. The van der Waals surface area contributed by atoms with E-state index in [1.54, 1.807) is 23.4 Å². The van der Waals surface area contributed by atoms with Crippen molar-refractivity contribution in [1.82, 2.24) is 24.9 Å². The Labute approximate surface area is 183 Å². The summed E-state index contributed by atoms with van der Waals surface area (Å²) < 4.78 is 38.4. The zero-order valence-corrected chi connectivity index (χ0v) is 17.7. The highest BCUT2D eigenvalue weighted by Gasteiger charge is 2.34. The van der Waals surface area contributed by atoms with Crippen LogP contribution in [0.4, 0.5) is 19.0 Å². The lowest BCUT2D eigenvalue weighted by Crippen LogP contribution is -2.52. The monoisotopic (exact) mass is 444 g/mol. The molecule has 3 aromatic rings. The van der Waals surface area contributed by atoms with Crippen molar-refractivity contribution >= 4 is 11.7 Å². The van der Waals surface area contributed by atoms with E-state index >= 15 is 0 Å². The molecule has 4 rings (SSSR count). The van der Waals surface area contributed by atoms with Crippen molar-refractivity contribution in [2.75, 3.05) is 11.9 Å². The van der Waals surface area contributed by atoms with E-state index in [1.807, 2.05) is 26.0 Å². The number of carbonyl (C=O) groups excluding carboxylic acids is 1. The molecule has 0 radical (unpaired) electrons. The molecule has 10 heteroatoms. The molecule has 2 aromatic heterocycles. The summed E-state index contributed by atoms with van der Waals surface area (Å²) in [6.45, 7) is 4.41. The third kappa shape index (κ3) is 4.30. The fourth-order valence-corrected chi connectivity index (χ4v) is 4.04. The van der Waals surface area contributed by atoms with Gasteiger partial charge in [0.2, 0.25) is 0 Å². The second-order valence-corrected chi connectivity index (χ2v) is 7.85. The summed E-state index contributed by atoms with van der Waals surface area (Å²) in [6, 6.07) is 7.46. The largest absolute Gasteiger partial charge is 0.417 e. The third-order valence-electron chi connectivity index (χ3n) is 5.76. The highest BCUT2D eigenvalue weighted by atomic mass is 19.4. The van der Waals surface area contributed by atoms with Crippen LogP contribution in [0.25, 0.3) is 5.69 Å². The number of nitrogens with one attached hydrogen (secondary N) is 1. The minimum Gasteiger partial charge on any atom is -0.365 e. The lowest BCUT2D eigenvalue weighted by atomic mass is 9.95. The predicted octanol–water partition coefficient (Wildman–Crippen LogP) is 4.09. The number of piperidine rings is 1. The summed E-state index contributed by atoms with van der Waals surface area (Å²) in [5, 5.41) is 11.6. The number of amides is 1. The van der Waals surface area contributed by atoms with Gasteiger partial charge in [-0.2, -0.15) is 28.2 Å². The smallest absolute Gasteiger partial charge is 0.365 e. The van der Waals surface area contributed by atoms with Crippen LogP contribution < -0.4 is 5.32 Å². The molecule has 168 valence electrons. The Balaban J connectivity index is 1.55. The fourth-order valence-electron chi connectivity index (χ4n) is 4.04. The minimum atomic E-state index is -4.43. The normalized spacial score (nSPS) is 19.1. The Hall–Kier alpha value is -3.43. The Morgan fingerprint density at radius 2 is 1.91 bits per heavy atom. The number of hydrogen-bond acceptors (Lipinski definition) is 5. The van der Waals surface area contributed by atoms with E-state index < -0.39 is 11.7 Å². The van der Waals surface area contributed by atoms with Crippen molar-refractivity contribution in [3.8, 4) is 5.69 Å². The Kier molecular flexibility index (Phi) is 5.86. The van der Waals surface area contributed by atoms with Crippen molar-refractivity contribution in [3.63, 3.8) is 0 Å². The molecule has 1 aliphatic heterocycles. The maximum Gasteiger partial charge on any atom is 0.417 e. The molecule has 0 bridgehead atoms. The van der Waals surface area contributed by atoms with Gasteiger partial charge in [-0.05, 0) is 50.5 Å². The first-order valence-corrected chi connectivity index (χ1v) is 10.3. The number of pyridine rings is 1. The maximum absolute atomic E-state index is 13.5. The van der Waals surface area contributed by atoms with Gasteiger partial charge in [0.05, 0.1) is 23.5 Å². The number of para-hydroxylation sites is 1. The summed E-state index contributed by atoms with van der Waals surface area (Å²) in [4.78, 5) is 20.7. The van der Waals surface area contributed by atoms with Crippen LogP contribution >= 0.6 is 0 Å². The molecule has 0 aliphatic carbocycles. The van der Waals surface area contributed by atoms with E-state index in [0.29, 0.717) is 23.6 Å². The first kappa shape index (κ1) is 21.8. The van der Waals surface area contributed by atoms with Gasteiger partial charge in [0, 0.05) is 24.8 Å². The number of hydrogen-bond donors (Lipinski definition) is 1. The van der Waals surface area contributed by atoms with Crippen LogP contribution in [0.5, 0.6) is 0 Å². The minimum absolute atomic E-state index is 0.139. The first-order valence-electron chi connectivity index (χ1n) is 10.3. The molecule has 2 atom stereocenters. The number of nitrogens with zero attached hydrogens (tertiary/aromatic N) is 5. The molecule has 3 heterocycles. The van der Waals surface area contributed by atoms with Crippen LogP contribution in [0, 0.1) is 6.92 Å². The number of benzene rings is 1. The van der Waals surface area contributed by atoms with Gasteiger partial charge in [-0.15, -0.1) is 0 Å². The molecule has 1 N–H and O–H groups in total. The molecule has 1 aliphatic rings. The number of rotatable bonds is 4. The van der Waals surface area contributed by atoms with Gasteiger partial charge in [0.1, 0.15) is 11.5 Å². The van der Waals surface area contributed by atoms with Crippen LogP contribution in [0.3, 0.4) is 0 Å². The average Bonchev–Trinajstić information content (AvgIpc) is 3.29. The quantitative estimate of drug-likeness (QED) is 0.656. The van der Waals surface area contributed by atoms with E-state index in [0.717, 1.165) is 30.7 Å². The molecule has 0 spiro atoms. The average molecular weight is 444 g/mol. The van der Waals surface area contributed by atoms with E-state index in [4.69, 9.17) is 0 Å². The van der Waals surface area contributed by atoms with Gasteiger partial charge < -0.3 is 10.2 Å². The van der Waals surface area contributed by atoms with Gasteiger partial charge in [-0.3, -0.25) is 4.79 Å². The standard InChI is InChI=1S/C22H23F3N6O/c1-14-5-3-6-17(20(14)31-27-10-11-28-31)21(32)30-12-4-7-18(15(30)2)29-19-9-8-16(13-26-19)22(23,24)25/h3,5-6,8-11,13,15,18H,4,7,12H2,1-2H3,(H,26,29)/t15-,18?/m0/s1. The molecule has 1 unspecified atom stereocenters. The van der Waals surface area contributed by atoms with Crippen LogP contribution in [0.2, 0.25) is 0 Å². The number of aryl methyl sites for hydroxylation is 1. The maximum atomic E-state index is 13.5. The fraction of sp³-hybridized carbons (Fsp3) is 0.364. The summed E-state index contributed by atoms with van der Waals surface area (Å²) in [5.74, 6) is 0.210. The lowest BCUT2D eigenvalue weighted by Gasteiger charge is -2.40. The Bertz CT molecular complexity index is 1080. The van der Waals surface area contributed by atoms with Gasteiger partial charge in [-0.1, -0.05) is 12.1 Å². The highest BCUT2D eigenvalue weighted by Crippen LogP contribution is 2.30. The van der Waals surface area contributed by atoms with Crippen molar-refractivity contribution in [1.29, 1.82) is 0 Å². The van der Waals surface area contributed by atoms with E-state index in [2.05, 4.69) is 20.5 Å². The van der Waals surface area contributed by atoms with Gasteiger partial charge in [0.15, 0.2) is 0 Å². The molecule has 32 heavy (non-hydrogen) atoms. The molecule has 1 fully saturated rings. The summed E-state index contributed by atoms with van der Waals surface area (Å²) in [7, 11) is 0. The van der Waals surface area contributed by atoms with Crippen LogP contribution in [0.15, 0.2) is 48.9 Å². The second kappa shape index (κ2) is 8.60. The zero-order valence-electron chi connectivity index (χ0n) is 17.7. The predicted molar refractivity (Wildman–Crippen MR) is 112 cm³/mol. The van der Waals surface area contributed by atoms with Gasteiger partial charge >= 0.3 is 6.18 Å². The molecule has 1 aromatic carbocycles. The number of likely N-dealkylation sites (tertiary alicyclic amines) is 1. The zero-order chi connectivity index (χ0) is 22.9. The van der Waals surface area contributed by atoms with E-state index in [9.17, 15) is 18.0 Å². The summed E-state index contributed by atoms with van der Waals surface area (Å²) in [5.41, 5.74) is 1.21. The first-order chi connectivity index (χ1) is 15.3. The number of alkyl halides is 3. The third-order valence-corrected chi connectivity index (χ3v) is 5.76. The van der Waals surface area contributed by atoms with Crippen molar-refractivity contribution in [2.45, 2.75) is 44.9 Å². The summed E-state index contributed by atoms with van der Waals surface area (Å²) >= 11 is 0. The molecule has 1 saturated heterocycles.